The Hall–Kier alpha value is -7.01. The van der Waals surface area contributed by atoms with E-state index in [4.69, 9.17) is 11.6 Å². The lowest BCUT2D eigenvalue weighted by Gasteiger charge is -2.32. The zero-order valence-electron chi connectivity index (χ0n) is 30.0. The fraction of sp³-hybridized carbons (Fsp3) is 0. The zero-order valence-corrected chi connectivity index (χ0v) is 30.8. The Bertz CT molecular complexity index is 2620. The molecule has 0 bridgehead atoms. The number of rotatable bonds is 10. The second-order valence-electron chi connectivity index (χ2n) is 13.2. The van der Waals surface area contributed by atoms with Crippen molar-refractivity contribution in [2.75, 3.05) is 14.7 Å². The third-order valence-corrected chi connectivity index (χ3v) is 10.2. The molecule has 9 rings (SSSR count). The lowest BCUT2D eigenvalue weighted by Crippen LogP contribution is -2.17. The van der Waals surface area contributed by atoms with Crippen molar-refractivity contribution in [2.24, 2.45) is 0 Å². The Morgan fingerprint density at radius 3 is 1.29 bits per heavy atom. The molecule has 0 saturated heterocycles. The highest BCUT2D eigenvalue weighted by molar-refractivity contribution is 6.36. The Labute approximate surface area is 327 Å². The van der Waals surface area contributed by atoms with Gasteiger partial charge in [0.05, 0.1) is 21.9 Å². The van der Waals surface area contributed by atoms with Crippen LogP contribution in [0, 0.1) is 0 Å². The van der Waals surface area contributed by atoms with Crippen LogP contribution in [0.5, 0.6) is 0 Å². The van der Waals surface area contributed by atoms with Crippen LogP contribution >= 0.6 is 11.6 Å². The van der Waals surface area contributed by atoms with E-state index >= 15 is 0 Å². The van der Waals surface area contributed by atoms with Crippen molar-refractivity contribution >= 4 is 73.8 Å². The van der Waals surface area contributed by atoms with E-state index in [9.17, 15) is 0 Å². The van der Waals surface area contributed by atoms with Crippen molar-refractivity contribution in [3.63, 3.8) is 0 Å². The minimum Gasteiger partial charge on any atom is -0.310 e. The van der Waals surface area contributed by atoms with Gasteiger partial charge >= 0.3 is 0 Å². The monoisotopic (exact) mass is 728 g/mol. The molecule has 8 aromatic carbocycles. The molecule has 0 saturated carbocycles. The van der Waals surface area contributed by atoms with Crippen LogP contribution in [0.3, 0.4) is 0 Å². The summed E-state index contributed by atoms with van der Waals surface area (Å²) in [6.07, 6.45) is 0. The van der Waals surface area contributed by atoms with Crippen LogP contribution in [0.1, 0.15) is 0 Å². The van der Waals surface area contributed by atoms with Crippen LogP contribution in [-0.4, -0.2) is 4.57 Å². The van der Waals surface area contributed by atoms with Crippen LogP contribution < -0.4 is 14.7 Å². The van der Waals surface area contributed by atoms with Crippen LogP contribution in [0.15, 0.2) is 224 Å². The molecular formula is C50H37ClN4. The summed E-state index contributed by atoms with van der Waals surface area (Å²) in [5.74, 6) is 0.979. The van der Waals surface area contributed by atoms with E-state index in [1.165, 1.54) is 0 Å². The minimum absolute atomic E-state index is 0.619. The van der Waals surface area contributed by atoms with Crippen molar-refractivity contribution in [3.05, 3.63) is 229 Å². The summed E-state index contributed by atoms with van der Waals surface area (Å²) in [5, 5.41) is 1.76. The van der Waals surface area contributed by atoms with E-state index in [0.717, 1.165) is 67.9 Å². The highest BCUT2D eigenvalue weighted by Gasteiger charge is 2.26. The summed E-state index contributed by atoms with van der Waals surface area (Å²) in [5.41, 5.74) is 10.0. The average molecular weight is 729 g/mol. The largest absolute Gasteiger partial charge is 0.310 e. The molecule has 0 N–H and O–H groups in total. The van der Waals surface area contributed by atoms with E-state index in [1.54, 1.807) is 0 Å². The first-order chi connectivity index (χ1) is 27.2. The molecule has 0 aliphatic carbocycles. The average Bonchev–Trinajstić information content (AvgIpc) is 3.63. The number of hydrogen-bond donors (Lipinski definition) is 0. The lowest BCUT2D eigenvalue weighted by atomic mass is 10.1. The highest BCUT2D eigenvalue weighted by atomic mass is 35.5. The molecule has 0 spiro atoms. The lowest BCUT2D eigenvalue weighted by molar-refractivity contribution is 1.07. The predicted molar refractivity (Wildman–Crippen MR) is 232 cm³/mol. The molecule has 5 heteroatoms. The van der Waals surface area contributed by atoms with Gasteiger partial charge in [-0.1, -0.05) is 133 Å². The molecule has 0 radical (unpaired) electrons. The van der Waals surface area contributed by atoms with Crippen molar-refractivity contribution in [3.8, 4) is 5.69 Å². The quantitative estimate of drug-likeness (QED) is 0.139. The second kappa shape index (κ2) is 15.2. The van der Waals surface area contributed by atoms with E-state index < -0.39 is 0 Å². The summed E-state index contributed by atoms with van der Waals surface area (Å²) in [4.78, 5) is 6.80. The molecule has 0 fully saturated rings. The molecule has 4 nitrogen and oxygen atoms in total. The van der Waals surface area contributed by atoms with Gasteiger partial charge in [-0.25, -0.2) is 0 Å². The van der Waals surface area contributed by atoms with Gasteiger partial charge in [0.15, 0.2) is 0 Å². The number of halogens is 1. The zero-order chi connectivity index (χ0) is 37.0. The van der Waals surface area contributed by atoms with Crippen LogP contribution in [0.25, 0.3) is 16.6 Å². The Morgan fingerprint density at radius 2 is 0.727 bits per heavy atom. The second-order valence-corrected chi connectivity index (χ2v) is 13.6. The number of benzene rings is 8. The van der Waals surface area contributed by atoms with Gasteiger partial charge in [0.1, 0.15) is 5.82 Å². The van der Waals surface area contributed by atoms with Crippen molar-refractivity contribution < 1.29 is 0 Å². The van der Waals surface area contributed by atoms with Gasteiger partial charge in [-0.05, 0) is 103 Å². The standard InChI is InChI=1S/C50H37ClN4/c51-50-47(53(41-25-10-3-11-26-41)45-32-18-31-44(37-45)52(39-21-6-1-7-22-39)40-23-8-2-9-24-40)34-19-35-48(50)55(43-29-14-5-15-30-43)49-36-38-20-16-17-33-46(38)54(49)42-27-12-4-13-28-42/h1-37H. The maximum Gasteiger partial charge on any atom is 0.123 e. The first kappa shape index (κ1) is 33.8. The van der Waals surface area contributed by atoms with Gasteiger partial charge in [0.2, 0.25) is 0 Å². The number of para-hydroxylation sites is 6. The number of nitrogens with zero attached hydrogens (tertiary/aromatic N) is 4. The van der Waals surface area contributed by atoms with Gasteiger partial charge < -0.3 is 9.80 Å². The summed E-state index contributed by atoms with van der Waals surface area (Å²) in [6, 6.07) is 78.1. The van der Waals surface area contributed by atoms with Gasteiger partial charge in [0, 0.05) is 45.2 Å². The SMILES string of the molecule is Clc1c(N(c2ccccc2)c2cccc(N(c3ccccc3)c3ccccc3)c2)cccc1N(c1ccccc1)c1cc2ccccc2n1-c1ccccc1. The normalized spacial score (nSPS) is 11.0. The van der Waals surface area contributed by atoms with Crippen LogP contribution in [-0.2, 0) is 0 Å². The van der Waals surface area contributed by atoms with Crippen LogP contribution in [0.2, 0.25) is 5.02 Å². The maximum atomic E-state index is 7.79. The highest BCUT2D eigenvalue weighted by Crippen LogP contribution is 2.48. The molecule has 9 aromatic rings. The summed E-state index contributed by atoms with van der Waals surface area (Å²) in [7, 11) is 0. The van der Waals surface area contributed by atoms with E-state index in [2.05, 4.69) is 219 Å². The van der Waals surface area contributed by atoms with E-state index in [0.29, 0.717) is 5.02 Å². The van der Waals surface area contributed by atoms with Crippen molar-refractivity contribution in [1.29, 1.82) is 0 Å². The van der Waals surface area contributed by atoms with Crippen LogP contribution in [0.4, 0.5) is 51.3 Å². The fourth-order valence-corrected chi connectivity index (χ4v) is 7.65. The topological polar surface area (TPSA) is 14.7 Å². The van der Waals surface area contributed by atoms with Crippen molar-refractivity contribution in [2.45, 2.75) is 0 Å². The Kier molecular flexibility index (Phi) is 9.31. The molecule has 0 unspecified atom stereocenters. The summed E-state index contributed by atoms with van der Waals surface area (Å²) in [6.45, 7) is 0. The molecule has 0 aliphatic heterocycles. The molecule has 1 heterocycles. The number of fused-ring (bicyclic) bond motifs is 1. The van der Waals surface area contributed by atoms with Crippen molar-refractivity contribution in [1.82, 2.24) is 4.57 Å². The molecule has 1 aromatic heterocycles. The summed E-state index contributed by atoms with van der Waals surface area (Å²) >= 11 is 7.79. The smallest absolute Gasteiger partial charge is 0.123 e. The predicted octanol–water partition coefficient (Wildman–Crippen LogP) is 14.7. The maximum absolute atomic E-state index is 7.79. The van der Waals surface area contributed by atoms with Gasteiger partial charge in [-0.2, -0.15) is 0 Å². The molecule has 55 heavy (non-hydrogen) atoms. The third kappa shape index (κ3) is 6.61. The first-order valence-corrected chi connectivity index (χ1v) is 18.8. The number of anilines is 9. The molecule has 264 valence electrons. The molecule has 0 amide bonds. The fourth-order valence-electron chi connectivity index (χ4n) is 7.36. The van der Waals surface area contributed by atoms with E-state index in [1.807, 2.05) is 24.3 Å². The minimum atomic E-state index is 0.619. The van der Waals surface area contributed by atoms with E-state index in [-0.39, 0.29) is 0 Å². The number of aromatic nitrogens is 1. The third-order valence-electron chi connectivity index (χ3n) is 9.78. The van der Waals surface area contributed by atoms with Gasteiger partial charge in [-0.3, -0.25) is 9.47 Å². The van der Waals surface area contributed by atoms with Gasteiger partial charge in [-0.15, -0.1) is 0 Å². The van der Waals surface area contributed by atoms with Gasteiger partial charge in [0.25, 0.3) is 0 Å². The number of hydrogen-bond acceptors (Lipinski definition) is 3. The Morgan fingerprint density at radius 1 is 0.327 bits per heavy atom. The molecular weight excluding hydrogens is 692 g/mol. The first-order valence-electron chi connectivity index (χ1n) is 18.4. The Balaban J connectivity index is 1.24. The molecule has 0 atom stereocenters. The molecule has 0 aliphatic rings. The summed E-state index contributed by atoms with van der Waals surface area (Å²) < 4.78 is 2.31.